The number of ether oxygens (including phenoxy) is 4. The zero-order valence-corrected chi connectivity index (χ0v) is 39.7. The van der Waals surface area contributed by atoms with Crippen LogP contribution in [0.25, 0.3) is 21.5 Å². The number of rotatable bonds is 21. The first kappa shape index (κ1) is 47.9. The number of amides is 1. The highest BCUT2D eigenvalue weighted by atomic mass is 35.5. The summed E-state index contributed by atoms with van der Waals surface area (Å²) in [7, 11) is 0. The molecular weight excluding hydrogens is 888 g/mol. The largest absolute Gasteiger partial charge is 0.459 e. The first-order valence-corrected chi connectivity index (χ1v) is 24.8. The summed E-state index contributed by atoms with van der Waals surface area (Å²) in [6.07, 6.45) is 8.25. The van der Waals surface area contributed by atoms with E-state index < -0.39 is 23.8 Å². The Bertz CT molecular complexity index is 2770. The lowest BCUT2D eigenvalue weighted by atomic mass is 9.55. The van der Waals surface area contributed by atoms with E-state index in [-0.39, 0.29) is 69.6 Å². The second-order valence-corrected chi connectivity index (χ2v) is 18.6. The maximum Gasteiger partial charge on any atom is 0.410 e. The van der Waals surface area contributed by atoms with Gasteiger partial charge in [0.2, 0.25) is 5.79 Å². The van der Waals surface area contributed by atoms with Crippen molar-refractivity contribution >= 4 is 45.0 Å². The van der Waals surface area contributed by atoms with Gasteiger partial charge >= 0.3 is 6.09 Å². The van der Waals surface area contributed by atoms with Crippen molar-refractivity contribution in [3.8, 4) is 17.2 Å². The van der Waals surface area contributed by atoms with Gasteiger partial charge in [0.15, 0.2) is 0 Å². The molecule has 2 N–H and O–H groups in total. The Hall–Kier alpha value is -6.17. The normalized spacial score (nSPS) is 22.0. The van der Waals surface area contributed by atoms with Crippen LogP contribution in [0.4, 0.5) is 4.79 Å². The second kappa shape index (κ2) is 22.5. The molecule has 1 aliphatic heterocycles. The molecule has 1 heterocycles. The number of aliphatic hydroxyl groups is 2. The number of nitrogens with zero attached hydrogens (tertiary/aromatic N) is 2. The third kappa shape index (κ3) is 10.4. The van der Waals surface area contributed by atoms with E-state index in [9.17, 15) is 15.0 Å². The molecule has 0 saturated heterocycles. The first-order chi connectivity index (χ1) is 33.9. The minimum absolute atomic E-state index is 0.00409. The molecule has 11 heteroatoms. The first-order valence-electron chi connectivity index (χ1n) is 24.3. The van der Waals surface area contributed by atoms with Gasteiger partial charge in [0.1, 0.15) is 36.5 Å². The third-order valence-corrected chi connectivity index (χ3v) is 14.1. The number of fused-ring (bicyclic) bond motifs is 4. The van der Waals surface area contributed by atoms with Gasteiger partial charge in [0.25, 0.3) is 0 Å². The Labute approximate surface area is 409 Å². The third-order valence-electron chi connectivity index (χ3n) is 14.0. The van der Waals surface area contributed by atoms with Crippen molar-refractivity contribution in [3.05, 3.63) is 174 Å². The minimum atomic E-state index is -1.49. The van der Waals surface area contributed by atoms with Crippen LogP contribution in [0.5, 0.6) is 17.2 Å². The molecule has 0 bridgehead atoms. The number of carbonyl (C=O) groups excluding carboxylic acids is 1. The van der Waals surface area contributed by atoms with Crippen LogP contribution < -0.4 is 9.47 Å². The number of aliphatic hydroxyl groups excluding tert-OH is 2. The molecule has 6 aromatic rings. The quantitative estimate of drug-likeness (QED) is 0.0317. The van der Waals surface area contributed by atoms with Gasteiger partial charge in [-0.3, -0.25) is 4.90 Å². The van der Waals surface area contributed by atoms with E-state index in [1.807, 2.05) is 91.0 Å². The molecular formula is C58H61ClN2O8. The van der Waals surface area contributed by atoms with E-state index >= 15 is 0 Å². The van der Waals surface area contributed by atoms with Gasteiger partial charge in [0, 0.05) is 31.1 Å². The number of benzene rings is 6. The van der Waals surface area contributed by atoms with Crippen LogP contribution in [-0.4, -0.2) is 71.1 Å². The Morgan fingerprint density at radius 3 is 2.35 bits per heavy atom. The van der Waals surface area contributed by atoms with Crippen molar-refractivity contribution < 1.29 is 38.8 Å². The minimum Gasteiger partial charge on any atom is -0.459 e. The number of carbonyl (C=O) groups is 1. The highest BCUT2D eigenvalue weighted by Gasteiger charge is 2.65. The van der Waals surface area contributed by atoms with Gasteiger partial charge in [-0.05, 0) is 106 Å². The summed E-state index contributed by atoms with van der Waals surface area (Å²) in [6.45, 7) is 4.81. The molecule has 6 aromatic carbocycles. The van der Waals surface area contributed by atoms with E-state index in [1.54, 1.807) is 11.0 Å². The lowest BCUT2D eigenvalue weighted by Crippen LogP contribution is -2.70. The smallest absolute Gasteiger partial charge is 0.410 e. The Balaban J connectivity index is 1.25. The maximum atomic E-state index is 14.9. The molecule has 3 aliphatic rings. The van der Waals surface area contributed by atoms with Crippen molar-refractivity contribution in [2.24, 2.45) is 22.9 Å². The van der Waals surface area contributed by atoms with Crippen LogP contribution in [0.15, 0.2) is 163 Å². The van der Waals surface area contributed by atoms with E-state index in [4.69, 9.17) is 40.5 Å². The Morgan fingerprint density at radius 2 is 1.55 bits per heavy atom. The topological polar surface area (TPSA) is 119 Å². The molecule has 0 radical (unpaired) electrons. The van der Waals surface area contributed by atoms with E-state index in [1.165, 1.54) is 0 Å². The molecule has 6 unspecified atom stereocenters. The molecule has 2 aliphatic carbocycles. The van der Waals surface area contributed by atoms with Crippen molar-refractivity contribution in [1.82, 2.24) is 4.90 Å². The van der Waals surface area contributed by atoms with Gasteiger partial charge in [-0.2, -0.15) is 0 Å². The molecule has 1 fully saturated rings. The molecule has 1 amide bonds. The van der Waals surface area contributed by atoms with Crippen LogP contribution in [0.1, 0.15) is 67.6 Å². The van der Waals surface area contributed by atoms with E-state index in [0.717, 1.165) is 69.5 Å². The Kier molecular flexibility index (Phi) is 15.6. The van der Waals surface area contributed by atoms with Crippen LogP contribution in [-0.2, 0) is 27.5 Å². The second-order valence-electron chi connectivity index (χ2n) is 18.2. The predicted molar refractivity (Wildman–Crippen MR) is 272 cm³/mol. The highest BCUT2D eigenvalue weighted by molar-refractivity contribution is 6.18. The van der Waals surface area contributed by atoms with Gasteiger partial charge in [0.05, 0.1) is 30.7 Å². The fraction of sp³-hybridized carbons (Fsp3) is 0.345. The molecule has 6 atom stereocenters. The zero-order chi connectivity index (χ0) is 47.6. The summed E-state index contributed by atoms with van der Waals surface area (Å²) >= 11 is 6.21. The fourth-order valence-electron chi connectivity index (χ4n) is 11.0. The zero-order valence-electron chi connectivity index (χ0n) is 39.0. The van der Waals surface area contributed by atoms with Crippen LogP contribution >= 0.6 is 11.6 Å². The van der Waals surface area contributed by atoms with Gasteiger partial charge in [-0.25, -0.2) is 4.79 Å². The molecule has 358 valence electrons. The standard InChI is InChI=1S/C58H61ClN2O8/c1-2-32-66-58-54(61(57(64)65-33-29-59)38-45-22-14-21-42-18-8-9-23-48(42)45)37-52(60-67-39-40-15-4-3-5-16-40)50-35-44(20-10-12-30-62)49(24-11-13-31-63)55(56(50)58)51-36-47(27-28-53(51)69-58)68-46-26-25-41-17-6-7-19-43(41)34-46/h2-9,14-19,21-23,25-28,34-36,44,49,54-56,62-63H,1,10-13,20,24,29-33,37-39H2. The maximum absolute atomic E-state index is 14.9. The number of alkyl halides is 1. The number of oxime groups is 1. The monoisotopic (exact) mass is 948 g/mol. The van der Waals surface area contributed by atoms with Crippen LogP contribution in [0, 0.1) is 17.8 Å². The summed E-state index contributed by atoms with van der Waals surface area (Å²) in [5.41, 5.74) is 4.47. The lowest BCUT2D eigenvalue weighted by molar-refractivity contribution is -0.256. The summed E-state index contributed by atoms with van der Waals surface area (Å²) < 4.78 is 27.4. The average Bonchev–Trinajstić information content (AvgIpc) is 3.38. The summed E-state index contributed by atoms with van der Waals surface area (Å²) in [6, 6.07) is 43.7. The average molecular weight is 950 g/mol. The number of hydrogen-bond donors (Lipinski definition) is 2. The molecule has 1 saturated carbocycles. The van der Waals surface area contributed by atoms with Crippen molar-refractivity contribution in [2.45, 2.75) is 75.8 Å². The fourth-order valence-corrected chi connectivity index (χ4v) is 11.0. The van der Waals surface area contributed by atoms with Gasteiger partial charge in [-0.1, -0.05) is 133 Å². The Morgan fingerprint density at radius 1 is 0.826 bits per heavy atom. The molecule has 0 spiro atoms. The highest BCUT2D eigenvalue weighted by Crippen LogP contribution is 2.62. The lowest BCUT2D eigenvalue weighted by Gasteiger charge is -2.59. The van der Waals surface area contributed by atoms with Crippen molar-refractivity contribution in [1.29, 1.82) is 0 Å². The van der Waals surface area contributed by atoms with Gasteiger partial charge < -0.3 is 34.0 Å². The summed E-state index contributed by atoms with van der Waals surface area (Å²) in [5.74, 6) is -0.0870. The number of hydrogen-bond acceptors (Lipinski definition) is 9. The summed E-state index contributed by atoms with van der Waals surface area (Å²) in [4.78, 5) is 23.0. The molecule has 0 aromatic heterocycles. The SMILES string of the molecule is C=CCOC12Oc3ccc(Oc4ccc5ccccc5c4)cc3C3C(CCCCO)C(CCCCO)C=C(C(=NOCc4ccccc4)CC1N(Cc1cccc4ccccc14)C(=O)OCCCl)C32. The molecule has 9 rings (SSSR count). The van der Waals surface area contributed by atoms with Crippen molar-refractivity contribution in [3.63, 3.8) is 0 Å². The molecule has 69 heavy (non-hydrogen) atoms. The van der Waals surface area contributed by atoms with Crippen molar-refractivity contribution in [2.75, 3.05) is 32.3 Å². The van der Waals surface area contributed by atoms with Crippen LogP contribution in [0.3, 0.4) is 0 Å². The number of unbranched alkanes of at least 4 members (excludes halogenated alkanes) is 2. The number of allylic oxidation sites excluding steroid dienone is 1. The predicted octanol–water partition coefficient (Wildman–Crippen LogP) is 12.5. The summed E-state index contributed by atoms with van der Waals surface area (Å²) in [5, 5.41) is 29.4. The van der Waals surface area contributed by atoms with E-state index in [2.05, 4.69) is 55.1 Å². The van der Waals surface area contributed by atoms with Gasteiger partial charge in [-0.15, -0.1) is 18.2 Å². The van der Waals surface area contributed by atoms with E-state index in [0.29, 0.717) is 35.8 Å². The van der Waals surface area contributed by atoms with Crippen LogP contribution in [0.2, 0.25) is 0 Å². The number of halogens is 1. The molecule has 10 nitrogen and oxygen atoms in total.